The largest absolute Gasteiger partial charge is 0.497 e. The summed E-state index contributed by atoms with van der Waals surface area (Å²) in [5.41, 5.74) is 4.91. The van der Waals surface area contributed by atoms with Gasteiger partial charge in [0.05, 0.1) is 13.2 Å². The third kappa shape index (κ3) is 2.46. The fraction of sp³-hybridized carbons (Fsp3) is 0.412. The van der Waals surface area contributed by atoms with Crippen molar-refractivity contribution in [2.75, 3.05) is 14.2 Å². The Morgan fingerprint density at radius 1 is 1.10 bits per heavy atom. The van der Waals surface area contributed by atoms with E-state index in [2.05, 4.69) is 31.3 Å². The molecule has 0 saturated heterocycles. The highest BCUT2D eigenvalue weighted by molar-refractivity contribution is 5.45. The average molecular weight is 273 g/mol. The lowest BCUT2D eigenvalue weighted by Crippen LogP contribution is -2.20. The molecule has 1 unspecified atom stereocenters. The summed E-state index contributed by atoms with van der Waals surface area (Å²) < 4.78 is 11.1. The van der Waals surface area contributed by atoms with Crippen molar-refractivity contribution in [3.05, 3.63) is 52.0 Å². The van der Waals surface area contributed by atoms with Gasteiger partial charge in [-0.25, -0.2) is 0 Å². The van der Waals surface area contributed by atoms with Crippen molar-refractivity contribution in [1.29, 1.82) is 0 Å². The van der Waals surface area contributed by atoms with Gasteiger partial charge in [0.15, 0.2) is 0 Å². The molecule has 108 valence electrons. The summed E-state index contributed by atoms with van der Waals surface area (Å²) in [5.74, 6) is 2.86. The average Bonchev–Trinajstić information content (AvgIpc) is 2.67. The second kappa shape index (κ2) is 5.71. The van der Waals surface area contributed by atoms with Crippen LogP contribution in [0, 0.1) is 27.7 Å². The van der Waals surface area contributed by atoms with Crippen LogP contribution in [0.1, 0.15) is 39.8 Å². The van der Waals surface area contributed by atoms with Gasteiger partial charge in [-0.05, 0) is 63.6 Å². The van der Waals surface area contributed by atoms with Gasteiger partial charge in [0.1, 0.15) is 17.3 Å². The van der Waals surface area contributed by atoms with E-state index in [0.29, 0.717) is 0 Å². The van der Waals surface area contributed by atoms with Gasteiger partial charge in [0, 0.05) is 5.56 Å². The summed E-state index contributed by atoms with van der Waals surface area (Å²) in [5, 5.41) is 3.41. The van der Waals surface area contributed by atoms with E-state index in [0.717, 1.165) is 17.3 Å². The van der Waals surface area contributed by atoms with Gasteiger partial charge in [-0.2, -0.15) is 0 Å². The number of hydrogen-bond donors (Lipinski definition) is 1. The van der Waals surface area contributed by atoms with Crippen LogP contribution < -0.4 is 10.1 Å². The summed E-state index contributed by atoms with van der Waals surface area (Å²) in [4.78, 5) is 0. The molecule has 0 bridgehead atoms. The maximum absolute atomic E-state index is 5.77. The van der Waals surface area contributed by atoms with Crippen molar-refractivity contribution < 1.29 is 9.15 Å². The van der Waals surface area contributed by atoms with Crippen LogP contribution in [0.5, 0.6) is 5.75 Å². The maximum atomic E-state index is 5.77. The first-order valence-corrected chi connectivity index (χ1v) is 6.87. The van der Waals surface area contributed by atoms with E-state index < -0.39 is 0 Å². The van der Waals surface area contributed by atoms with Crippen LogP contribution >= 0.6 is 0 Å². The van der Waals surface area contributed by atoms with Gasteiger partial charge in [-0.1, -0.05) is 6.07 Å². The van der Waals surface area contributed by atoms with Gasteiger partial charge >= 0.3 is 0 Å². The molecule has 3 heteroatoms. The molecular formula is C17H23NO2. The molecule has 1 N–H and O–H groups in total. The molecule has 0 aliphatic rings. The van der Waals surface area contributed by atoms with Crippen molar-refractivity contribution >= 4 is 0 Å². The quantitative estimate of drug-likeness (QED) is 0.919. The lowest BCUT2D eigenvalue weighted by atomic mass is 9.92. The molecule has 0 fully saturated rings. The first-order chi connectivity index (χ1) is 9.49. The second-order valence-corrected chi connectivity index (χ2v) is 5.20. The topological polar surface area (TPSA) is 34.4 Å². The number of ether oxygens (including phenoxy) is 1. The van der Waals surface area contributed by atoms with Crippen LogP contribution in [0.3, 0.4) is 0 Å². The molecule has 0 radical (unpaired) electrons. The van der Waals surface area contributed by atoms with Crippen molar-refractivity contribution in [1.82, 2.24) is 5.32 Å². The third-order valence-electron chi connectivity index (χ3n) is 3.98. The number of methoxy groups -OCH3 is 1. The number of benzene rings is 1. The Balaban J connectivity index is 2.52. The highest BCUT2D eigenvalue weighted by Crippen LogP contribution is 2.33. The van der Waals surface area contributed by atoms with Crippen LogP contribution in [0.4, 0.5) is 0 Å². The first-order valence-electron chi connectivity index (χ1n) is 6.87. The third-order valence-corrected chi connectivity index (χ3v) is 3.98. The van der Waals surface area contributed by atoms with Crippen molar-refractivity contribution in [2.45, 2.75) is 33.7 Å². The summed E-state index contributed by atoms with van der Waals surface area (Å²) in [6.07, 6.45) is 0. The monoisotopic (exact) mass is 273 g/mol. The molecule has 20 heavy (non-hydrogen) atoms. The zero-order valence-electron chi connectivity index (χ0n) is 13.1. The fourth-order valence-electron chi connectivity index (χ4n) is 2.79. The maximum Gasteiger partial charge on any atom is 0.119 e. The molecule has 2 aromatic rings. The molecule has 2 rings (SSSR count). The predicted molar refractivity (Wildman–Crippen MR) is 81.6 cm³/mol. The normalized spacial score (nSPS) is 12.5. The minimum atomic E-state index is 0.137. The van der Waals surface area contributed by atoms with Gasteiger partial charge < -0.3 is 14.5 Å². The van der Waals surface area contributed by atoms with E-state index in [1.165, 1.54) is 22.3 Å². The summed E-state index contributed by atoms with van der Waals surface area (Å²) in [7, 11) is 3.67. The number of hydrogen-bond acceptors (Lipinski definition) is 3. The lowest BCUT2D eigenvalue weighted by molar-refractivity contribution is 0.414. The van der Waals surface area contributed by atoms with Crippen molar-refractivity contribution in [2.24, 2.45) is 0 Å². The van der Waals surface area contributed by atoms with Gasteiger partial charge in [0.25, 0.3) is 0 Å². The summed E-state index contributed by atoms with van der Waals surface area (Å²) in [6, 6.07) is 6.33. The van der Waals surface area contributed by atoms with Crippen LogP contribution in [-0.2, 0) is 0 Å². The molecule has 1 aromatic carbocycles. The van der Waals surface area contributed by atoms with Crippen LogP contribution in [0.15, 0.2) is 22.6 Å². The molecule has 0 aliphatic carbocycles. The standard InChI is InChI=1S/C17H23NO2/c1-10-9-14(19-6)7-8-15(10)17(18-5)16-11(2)12(3)20-13(16)4/h7-9,17-18H,1-6H3. The molecule has 1 atom stereocenters. The zero-order valence-corrected chi connectivity index (χ0v) is 13.1. The Labute approximate surface area is 121 Å². The van der Waals surface area contributed by atoms with E-state index in [-0.39, 0.29) is 6.04 Å². The van der Waals surface area contributed by atoms with E-state index in [1.54, 1.807) is 7.11 Å². The highest BCUT2D eigenvalue weighted by atomic mass is 16.5. The summed E-state index contributed by atoms with van der Waals surface area (Å²) >= 11 is 0. The second-order valence-electron chi connectivity index (χ2n) is 5.20. The van der Waals surface area contributed by atoms with Crippen LogP contribution in [0.2, 0.25) is 0 Å². The Hall–Kier alpha value is -1.74. The molecular weight excluding hydrogens is 250 g/mol. The summed E-state index contributed by atoms with van der Waals surface area (Å²) in [6.45, 7) is 8.27. The predicted octanol–water partition coefficient (Wildman–Crippen LogP) is 3.83. The Morgan fingerprint density at radius 2 is 1.80 bits per heavy atom. The molecule has 1 heterocycles. The molecule has 1 aromatic heterocycles. The molecule has 3 nitrogen and oxygen atoms in total. The SMILES string of the molecule is CNC(c1ccc(OC)cc1C)c1c(C)oc(C)c1C. The number of nitrogens with one attached hydrogen (secondary N) is 1. The van der Waals surface area contributed by atoms with Crippen LogP contribution in [-0.4, -0.2) is 14.2 Å². The van der Waals surface area contributed by atoms with Crippen molar-refractivity contribution in [3.63, 3.8) is 0 Å². The molecule has 0 aliphatic heterocycles. The minimum Gasteiger partial charge on any atom is -0.497 e. The van der Waals surface area contributed by atoms with Crippen molar-refractivity contribution in [3.8, 4) is 5.75 Å². The number of furan rings is 1. The fourth-order valence-corrected chi connectivity index (χ4v) is 2.79. The van der Waals surface area contributed by atoms with Gasteiger partial charge in [-0.15, -0.1) is 0 Å². The van der Waals surface area contributed by atoms with Gasteiger partial charge in [-0.3, -0.25) is 0 Å². The highest BCUT2D eigenvalue weighted by Gasteiger charge is 2.22. The zero-order chi connectivity index (χ0) is 14.9. The number of rotatable bonds is 4. The molecule has 0 amide bonds. The Kier molecular flexibility index (Phi) is 4.19. The molecule has 0 spiro atoms. The molecule has 0 saturated carbocycles. The van der Waals surface area contributed by atoms with E-state index in [1.807, 2.05) is 27.0 Å². The van der Waals surface area contributed by atoms with E-state index in [4.69, 9.17) is 9.15 Å². The first kappa shape index (κ1) is 14.7. The van der Waals surface area contributed by atoms with Gasteiger partial charge in [0.2, 0.25) is 0 Å². The van der Waals surface area contributed by atoms with E-state index in [9.17, 15) is 0 Å². The number of aryl methyl sites for hydroxylation is 3. The minimum absolute atomic E-state index is 0.137. The Morgan fingerprint density at radius 3 is 2.25 bits per heavy atom. The van der Waals surface area contributed by atoms with E-state index >= 15 is 0 Å². The smallest absolute Gasteiger partial charge is 0.119 e. The van der Waals surface area contributed by atoms with Crippen LogP contribution in [0.25, 0.3) is 0 Å². The Bertz CT molecular complexity index is 614. The lowest BCUT2D eigenvalue weighted by Gasteiger charge is -2.20.